The highest BCUT2D eigenvalue weighted by molar-refractivity contribution is 6.30. The van der Waals surface area contributed by atoms with E-state index in [-0.39, 0.29) is 0 Å². The molecule has 1 fully saturated rings. The topological polar surface area (TPSA) is 65.3 Å². The summed E-state index contributed by atoms with van der Waals surface area (Å²) in [6.45, 7) is 2.84. The standard InChI is InChI=1S/C16H16ClN5O2/c1-21-14-13(10-18-21)15(24-12-4-2-11(17)3-5-12)20-16(19-14)22-6-8-23-9-7-22/h2-5,10H,6-9H2,1H3. The highest BCUT2D eigenvalue weighted by atomic mass is 35.5. The second-order valence-corrected chi connectivity index (χ2v) is 5.93. The number of anilines is 1. The lowest BCUT2D eigenvalue weighted by Gasteiger charge is -2.27. The number of nitrogens with zero attached hydrogens (tertiary/aromatic N) is 5. The Bertz CT molecular complexity index is 859. The molecule has 3 heterocycles. The van der Waals surface area contributed by atoms with E-state index < -0.39 is 0 Å². The summed E-state index contributed by atoms with van der Waals surface area (Å²) < 4.78 is 13.1. The van der Waals surface area contributed by atoms with Gasteiger partial charge in [-0.15, -0.1) is 0 Å². The van der Waals surface area contributed by atoms with E-state index in [1.807, 2.05) is 7.05 Å². The van der Waals surface area contributed by atoms with E-state index in [4.69, 9.17) is 21.1 Å². The fraction of sp³-hybridized carbons (Fsp3) is 0.312. The maximum Gasteiger partial charge on any atom is 0.235 e. The molecule has 124 valence electrons. The van der Waals surface area contributed by atoms with E-state index in [0.717, 1.165) is 24.1 Å². The van der Waals surface area contributed by atoms with Crippen molar-refractivity contribution in [1.82, 2.24) is 19.7 Å². The van der Waals surface area contributed by atoms with Crippen LogP contribution in [0.4, 0.5) is 5.95 Å². The Labute approximate surface area is 143 Å². The number of hydrogen-bond acceptors (Lipinski definition) is 6. The van der Waals surface area contributed by atoms with Crippen LogP contribution in [0, 0.1) is 0 Å². The minimum atomic E-state index is 0.483. The first-order valence-electron chi connectivity index (χ1n) is 7.66. The van der Waals surface area contributed by atoms with Gasteiger partial charge in [0.15, 0.2) is 5.65 Å². The van der Waals surface area contributed by atoms with Gasteiger partial charge >= 0.3 is 0 Å². The Morgan fingerprint density at radius 3 is 2.62 bits per heavy atom. The number of hydrogen-bond donors (Lipinski definition) is 0. The first kappa shape index (κ1) is 15.2. The molecule has 0 amide bonds. The van der Waals surface area contributed by atoms with E-state index in [1.54, 1.807) is 35.1 Å². The van der Waals surface area contributed by atoms with Gasteiger partial charge in [0.05, 0.1) is 19.4 Å². The van der Waals surface area contributed by atoms with Crippen LogP contribution in [0.2, 0.25) is 5.02 Å². The van der Waals surface area contributed by atoms with Crippen LogP contribution in [0.25, 0.3) is 11.0 Å². The van der Waals surface area contributed by atoms with Gasteiger partial charge in [-0.3, -0.25) is 4.68 Å². The summed E-state index contributed by atoms with van der Waals surface area (Å²) in [6, 6.07) is 7.17. The third-order valence-corrected chi connectivity index (χ3v) is 4.12. The van der Waals surface area contributed by atoms with Crippen molar-refractivity contribution in [2.24, 2.45) is 7.05 Å². The molecule has 4 rings (SSSR count). The molecule has 0 unspecified atom stereocenters. The number of fused-ring (bicyclic) bond motifs is 1. The van der Waals surface area contributed by atoms with E-state index in [2.05, 4.69) is 20.0 Å². The van der Waals surface area contributed by atoms with Gasteiger partial charge < -0.3 is 14.4 Å². The Morgan fingerprint density at radius 1 is 1.12 bits per heavy atom. The summed E-state index contributed by atoms with van der Waals surface area (Å²) in [4.78, 5) is 11.3. The van der Waals surface area contributed by atoms with Gasteiger partial charge in [-0.25, -0.2) is 0 Å². The van der Waals surface area contributed by atoms with Gasteiger partial charge in [-0.1, -0.05) is 11.6 Å². The fourth-order valence-electron chi connectivity index (χ4n) is 2.58. The summed E-state index contributed by atoms with van der Waals surface area (Å²) in [6.07, 6.45) is 1.71. The molecule has 1 saturated heterocycles. The molecule has 0 spiro atoms. The first-order chi connectivity index (χ1) is 11.7. The monoisotopic (exact) mass is 345 g/mol. The predicted octanol–water partition coefficient (Wildman–Crippen LogP) is 2.65. The third kappa shape index (κ3) is 2.88. The molecule has 0 bridgehead atoms. The molecular weight excluding hydrogens is 330 g/mol. The van der Waals surface area contributed by atoms with Gasteiger partial charge in [0.1, 0.15) is 11.1 Å². The molecule has 0 aliphatic carbocycles. The van der Waals surface area contributed by atoms with Gasteiger partial charge in [0.25, 0.3) is 0 Å². The number of aromatic nitrogens is 4. The molecule has 0 N–H and O–H groups in total. The molecule has 7 nitrogen and oxygen atoms in total. The Kier molecular flexibility index (Phi) is 3.95. The molecule has 3 aromatic rings. The Hall–Kier alpha value is -2.38. The van der Waals surface area contributed by atoms with Crippen molar-refractivity contribution in [2.45, 2.75) is 0 Å². The van der Waals surface area contributed by atoms with Gasteiger partial charge in [0.2, 0.25) is 11.8 Å². The van der Waals surface area contributed by atoms with Crippen LogP contribution < -0.4 is 9.64 Å². The van der Waals surface area contributed by atoms with Crippen molar-refractivity contribution in [3.63, 3.8) is 0 Å². The molecule has 0 atom stereocenters. The lowest BCUT2D eigenvalue weighted by atomic mass is 10.3. The van der Waals surface area contributed by atoms with E-state index in [0.29, 0.717) is 35.8 Å². The molecular formula is C16H16ClN5O2. The fourth-order valence-corrected chi connectivity index (χ4v) is 2.71. The van der Waals surface area contributed by atoms with E-state index in [9.17, 15) is 0 Å². The van der Waals surface area contributed by atoms with Crippen LogP contribution in [-0.4, -0.2) is 46.1 Å². The van der Waals surface area contributed by atoms with Crippen molar-refractivity contribution < 1.29 is 9.47 Å². The molecule has 1 aliphatic rings. The molecule has 0 saturated carbocycles. The zero-order valence-corrected chi connectivity index (χ0v) is 13.9. The molecule has 1 aliphatic heterocycles. The number of halogens is 1. The normalized spacial score (nSPS) is 15.0. The van der Waals surface area contributed by atoms with Crippen LogP contribution in [-0.2, 0) is 11.8 Å². The van der Waals surface area contributed by atoms with E-state index in [1.165, 1.54) is 0 Å². The number of aryl methyl sites for hydroxylation is 1. The predicted molar refractivity (Wildman–Crippen MR) is 90.9 cm³/mol. The Morgan fingerprint density at radius 2 is 1.88 bits per heavy atom. The maximum absolute atomic E-state index is 5.97. The second-order valence-electron chi connectivity index (χ2n) is 5.49. The zero-order chi connectivity index (χ0) is 16.5. The summed E-state index contributed by atoms with van der Waals surface area (Å²) in [5, 5.41) is 5.69. The quantitative estimate of drug-likeness (QED) is 0.727. The van der Waals surface area contributed by atoms with Crippen molar-refractivity contribution in [3.05, 3.63) is 35.5 Å². The SMILES string of the molecule is Cn1ncc2c(Oc3ccc(Cl)cc3)nc(N3CCOCC3)nc21. The number of ether oxygens (including phenoxy) is 2. The number of rotatable bonds is 3. The Balaban J connectivity index is 1.76. The van der Waals surface area contributed by atoms with Crippen molar-refractivity contribution >= 4 is 28.6 Å². The van der Waals surface area contributed by atoms with Crippen LogP contribution in [0.1, 0.15) is 0 Å². The minimum Gasteiger partial charge on any atom is -0.438 e. The van der Waals surface area contributed by atoms with Gasteiger partial charge in [-0.05, 0) is 24.3 Å². The van der Waals surface area contributed by atoms with Crippen LogP contribution in [0.3, 0.4) is 0 Å². The zero-order valence-electron chi connectivity index (χ0n) is 13.1. The van der Waals surface area contributed by atoms with Crippen molar-refractivity contribution in [1.29, 1.82) is 0 Å². The average Bonchev–Trinajstić information content (AvgIpc) is 2.99. The lowest BCUT2D eigenvalue weighted by Crippen LogP contribution is -2.37. The smallest absolute Gasteiger partial charge is 0.235 e. The molecule has 2 aromatic heterocycles. The molecule has 24 heavy (non-hydrogen) atoms. The van der Waals surface area contributed by atoms with Crippen LogP contribution >= 0.6 is 11.6 Å². The molecule has 8 heteroatoms. The third-order valence-electron chi connectivity index (χ3n) is 3.87. The number of benzene rings is 1. The summed E-state index contributed by atoms with van der Waals surface area (Å²) in [7, 11) is 1.85. The maximum atomic E-state index is 5.97. The van der Waals surface area contributed by atoms with Crippen LogP contribution in [0.15, 0.2) is 30.5 Å². The van der Waals surface area contributed by atoms with Crippen molar-refractivity contribution in [2.75, 3.05) is 31.2 Å². The second kappa shape index (κ2) is 6.26. The summed E-state index contributed by atoms with van der Waals surface area (Å²) >= 11 is 5.93. The molecule has 0 radical (unpaired) electrons. The highest BCUT2D eigenvalue weighted by Crippen LogP contribution is 2.30. The van der Waals surface area contributed by atoms with E-state index >= 15 is 0 Å². The molecule has 1 aromatic carbocycles. The summed E-state index contributed by atoms with van der Waals surface area (Å²) in [5.74, 6) is 1.77. The highest BCUT2D eigenvalue weighted by Gasteiger charge is 2.19. The lowest BCUT2D eigenvalue weighted by molar-refractivity contribution is 0.122. The number of morpholine rings is 1. The average molecular weight is 346 g/mol. The van der Waals surface area contributed by atoms with Gasteiger partial charge in [0, 0.05) is 25.2 Å². The minimum absolute atomic E-state index is 0.483. The first-order valence-corrected chi connectivity index (χ1v) is 8.04. The van der Waals surface area contributed by atoms with Crippen LogP contribution in [0.5, 0.6) is 11.6 Å². The van der Waals surface area contributed by atoms with Crippen molar-refractivity contribution in [3.8, 4) is 11.6 Å². The summed E-state index contributed by atoms with van der Waals surface area (Å²) in [5.41, 5.74) is 0.732. The largest absolute Gasteiger partial charge is 0.438 e. The van der Waals surface area contributed by atoms with Gasteiger partial charge in [-0.2, -0.15) is 15.1 Å².